The van der Waals surface area contributed by atoms with Crippen LogP contribution in [0.5, 0.6) is 5.75 Å². The molecule has 2 nitrogen and oxygen atoms in total. The molecule has 0 spiro atoms. The van der Waals surface area contributed by atoms with Gasteiger partial charge in [-0.15, -0.1) is 0 Å². The Morgan fingerprint density at radius 3 is 2.56 bits per heavy atom. The highest BCUT2D eigenvalue weighted by molar-refractivity contribution is 5.35. The van der Waals surface area contributed by atoms with E-state index in [4.69, 9.17) is 4.74 Å². The summed E-state index contributed by atoms with van der Waals surface area (Å²) in [6.45, 7) is 6.73. The second-order valence-corrected chi connectivity index (χ2v) is 4.45. The summed E-state index contributed by atoms with van der Waals surface area (Å²) >= 11 is 0. The van der Waals surface area contributed by atoms with Crippen LogP contribution in [0.4, 0.5) is 0 Å². The minimum atomic E-state index is -0.356. The largest absolute Gasteiger partial charge is 0.491 e. The maximum absolute atomic E-state index is 9.61. The van der Waals surface area contributed by atoms with Gasteiger partial charge >= 0.3 is 0 Å². The Hall–Kier alpha value is -1.02. The summed E-state index contributed by atoms with van der Waals surface area (Å²) < 4.78 is 5.66. The van der Waals surface area contributed by atoms with E-state index in [9.17, 15) is 5.11 Å². The van der Waals surface area contributed by atoms with Gasteiger partial charge < -0.3 is 9.84 Å². The summed E-state index contributed by atoms with van der Waals surface area (Å²) in [6, 6.07) is 8.03. The minimum Gasteiger partial charge on any atom is -0.491 e. The average Bonchev–Trinajstić information content (AvgIpc) is 2.27. The van der Waals surface area contributed by atoms with Crippen molar-refractivity contribution in [2.75, 3.05) is 6.61 Å². The second-order valence-electron chi connectivity index (χ2n) is 4.45. The molecule has 0 radical (unpaired) electrons. The highest BCUT2D eigenvalue weighted by Crippen LogP contribution is 2.25. The highest BCUT2D eigenvalue weighted by Gasteiger charge is 2.09. The van der Waals surface area contributed by atoms with Crippen molar-refractivity contribution >= 4 is 0 Å². The number of hydrogen-bond acceptors (Lipinski definition) is 2. The molecule has 0 amide bonds. The number of rotatable bonds is 6. The van der Waals surface area contributed by atoms with E-state index in [1.807, 2.05) is 18.2 Å². The molecule has 0 aromatic heterocycles. The SMILES string of the molecule is CCCC(O)COc1ccccc1C(C)C. The summed E-state index contributed by atoms with van der Waals surface area (Å²) in [5, 5.41) is 9.61. The van der Waals surface area contributed by atoms with Crippen molar-refractivity contribution in [1.82, 2.24) is 0 Å². The average molecular weight is 222 g/mol. The lowest BCUT2D eigenvalue weighted by Crippen LogP contribution is -2.17. The molecular formula is C14H22O2. The summed E-state index contributed by atoms with van der Waals surface area (Å²) in [5.74, 6) is 1.34. The van der Waals surface area contributed by atoms with E-state index in [1.165, 1.54) is 5.56 Å². The molecule has 0 heterocycles. The zero-order chi connectivity index (χ0) is 12.0. The van der Waals surface area contributed by atoms with Crippen LogP contribution in [0.25, 0.3) is 0 Å². The van der Waals surface area contributed by atoms with Crippen LogP contribution < -0.4 is 4.74 Å². The Balaban J connectivity index is 2.59. The molecule has 0 fully saturated rings. The van der Waals surface area contributed by atoms with Crippen molar-refractivity contribution in [2.45, 2.75) is 45.6 Å². The van der Waals surface area contributed by atoms with Crippen LogP contribution in [0.3, 0.4) is 0 Å². The molecule has 2 heteroatoms. The van der Waals surface area contributed by atoms with E-state index in [0.29, 0.717) is 12.5 Å². The van der Waals surface area contributed by atoms with Gasteiger partial charge in [-0.25, -0.2) is 0 Å². The molecule has 90 valence electrons. The number of benzene rings is 1. The molecule has 1 unspecified atom stereocenters. The third-order valence-corrected chi connectivity index (χ3v) is 2.59. The normalized spacial score (nSPS) is 12.8. The van der Waals surface area contributed by atoms with Gasteiger partial charge in [0.2, 0.25) is 0 Å². The first-order valence-electron chi connectivity index (χ1n) is 6.05. The van der Waals surface area contributed by atoms with E-state index in [2.05, 4.69) is 26.8 Å². The number of ether oxygens (including phenoxy) is 1. The van der Waals surface area contributed by atoms with Crippen molar-refractivity contribution in [2.24, 2.45) is 0 Å². The van der Waals surface area contributed by atoms with Crippen LogP contribution in [0.2, 0.25) is 0 Å². The Labute approximate surface area is 98.3 Å². The topological polar surface area (TPSA) is 29.5 Å². The van der Waals surface area contributed by atoms with Gasteiger partial charge in [0.1, 0.15) is 12.4 Å². The van der Waals surface area contributed by atoms with E-state index in [-0.39, 0.29) is 6.10 Å². The molecule has 0 bridgehead atoms. The highest BCUT2D eigenvalue weighted by atomic mass is 16.5. The quantitative estimate of drug-likeness (QED) is 0.799. The molecule has 0 aliphatic heterocycles. The van der Waals surface area contributed by atoms with Crippen LogP contribution in [0.15, 0.2) is 24.3 Å². The molecular weight excluding hydrogens is 200 g/mol. The second kappa shape index (κ2) is 6.54. The van der Waals surface area contributed by atoms with Gasteiger partial charge in [-0.3, -0.25) is 0 Å². The van der Waals surface area contributed by atoms with Gasteiger partial charge in [-0.1, -0.05) is 45.4 Å². The smallest absolute Gasteiger partial charge is 0.122 e. The molecule has 0 saturated heterocycles. The van der Waals surface area contributed by atoms with Gasteiger partial charge in [0.25, 0.3) is 0 Å². The first-order chi connectivity index (χ1) is 7.65. The lowest BCUT2D eigenvalue weighted by molar-refractivity contribution is 0.0987. The van der Waals surface area contributed by atoms with Gasteiger partial charge in [-0.2, -0.15) is 0 Å². The lowest BCUT2D eigenvalue weighted by atomic mass is 10.0. The maximum Gasteiger partial charge on any atom is 0.122 e. The van der Waals surface area contributed by atoms with Crippen molar-refractivity contribution < 1.29 is 9.84 Å². The number of aliphatic hydroxyl groups excluding tert-OH is 1. The van der Waals surface area contributed by atoms with Gasteiger partial charge in [0, 0.05) is 0 Å². The van der Waals surface area contributed by atoms with Crippen LogP contribution in [0.1, 0.15) is 45.1 Å². The van der Waals surface area contributed by atoms with Crippen LogP contribution >= 0.6 is 0 Å². The summed E-state index contributed by atoms with van der Waals surface area (Å²) in [5.41, 5.74) is 1.20. The lowest BCUT2D eigenvalue weighted by Gasteiger charge is -2.16. The van der Waals surface area contributed by atoms with Crippen LogP contribution in [0, 0.1) is 0 Å². The predicted octanol–water partition coefficient (Wildman–Crippen LogP) is 3.35. The molecule has 0 saturated carbocycles. The van der Waals surface area contributed by atoms with E-state index < -0.39 is 0 Å². The number of hydrogen-bond donors (Lipinski definition) is 1. The Kier molecular flexibility index (Phi) is 5.33. The molecule has 0 aliphatic carbocycles. The first-order valence-corrected chi connectivity index (χ1v) is 6.05. The zero-order valence-electron chi connectivity index (χ0n) is 10.4. The minimum absolute atomic E-state index is 0.356. The summed E-state index contributed by atoms with van der Waals surface area (Å²) in [6.07, 6.45) is 1.42. The first kappa shape index (κ1) is 13.0. The van der Waals surface area contributed by atoms with E-state index >= 15 is 0 Å². The molecule has 1 N–H and O–H groups in total. The molecule has 1 aromatic rings. The van der Waals surface area contributed by atoms with Crippen molar-refractivity contribution in [3.8, 4) is 5.75 Å². The molecule has 0 aliphatic rings. The zero-order valence-corrected chi connectivity index (χ0v) is 10.4. The van der Waals surface area contributed by atoms with Crippen molar-refractivity contribution in [3.63, 3.8) is 0 Å². The Morgan fingerprint density at radius 2 is 1.94 bits per heavy atom. The van der Waals surface area contributed by atoms with Gasteiger partial charge in [0.15, 0.2) is 0 Å². The molecule has 16 heavy (non-hydrogen) atoms. The summed E-state index contributed by atoms with van der Waals surface area (Å²) in [7, 11) is 0. The number of para-hydroxylation sites is 1. The third kappa shape index (κ3) is 3.86. The van der Waals surface area contributed by atoms with E-state index in [1.54, 1.807) is 0 Å². The maximum atomic E-state index is 9.61. The van der Waals surface area contributed by atoms with Crippen molar-refractivity contribution in [3.05, 3.63) is 29.8 Å². The molecule has 1 aromatic carbocycles. The fourth-order valence-corrected chi connectivity index (χ4v) is 1.69. The Morgan fingerprint density at radius 1 is 1.25 bits per heavy atom. The van der Waals surface area contributed by atoms with Crippen LogP contribution in [-0.2, 0) is 0 Å². The van der Waals surface area contributed by atoms with Gasteiger partial charge in [-0.05, 0) is 24.0 Å². The van der Waals surface area contributed by atoms with Gasteiger partial charge in [0.05, 0.1) is 6.10 Å². The molecule has 1 rings (SSSR count). The monoisotopic (exact) mass is 222 g/mol. The molecule has 1 atom stereocenters. The standard InChI is InChI=1S/C14H22O2/c1-4-7-12(15)10-16-14-9-6-5-8-13(14)11(2)3/h5-6,8-9,11-12,15H,4,7,10H2,1-3H3. The summed E-state index contributed by atoms with van der Waals surface area (Å²) in [4.78, 5) is 0. The number of aliphatic hydroxyl groups is 1. The third-order valence-electron chi connectivity index (χ3n) is 2.59. The fraction of sp³-hybridized carbons (Fsp3) is 0.571. The van der Waals surface area contributed by atoms with Crippen LogP contribution in [-0.4, -0.2) is 17.8 Å². The predicted molar refractivity (Wildman–Crippen MR) is 66.9 cm³/mol. The Bertz CT molecular complexity index is 307. The van der Waals surface area contributed by atoms with Crippen molar-refractivity contribution in [1.29, 1.82) is 0 Å². The fourth-order valence-electron chi connectivity index (χ4n) is 1.69. The van der Waals surface area contributed by atoms with E-state index in [0.717, 1.165) is 18.6 Å².